The summed E-state index contributed by atoms with van der Waals surface area (Å²) in [6.45, 7) is 0. The van der Waals surface area contributed by atoms with Crippen LogP contribution in [-0.4, -0.2) is 27.4 Å². The second kappa shape index (κ2) is 23.7. The fourth-order valence-electron chi connectivity index (χ4n) is 17.6. The van der Waals surface area contributed by atoms with E-state index in [0.29, 0.717) is 0 Å². The summed E-state index contributed by atoms with van der Waals surface area (Å²) in [6, 6.07) is 142. The summed E-state index contributed by atoms with van der Waals surface area (Å²) >= 11 is 0. The van der Waals surface area contributed by atoms with Crippen molar-refractivity contribution in [3.8, 4) is 56.4 Å². The van der Waals surface area contributed by atoms with Crippen LogP contribution >= 0.6 is 0 Å². The summed E-state index contributed by atoms with van der Waals surface area (Å²) < 4.78 is 14.5. The fraction of sp³-hybridized carbons (Fsp3) is 0. The molecule has 23 aromatic rings. The number of hydrogen-bond donors (Lipinski definition) is 0. The van der Waals surface area contributed by atoms with Crippen LogP contribution in [0.4, 0.5) is 0 Å². The molecule has 0 saturated carbocycles. The Balaban J connectivity index is 0.000000134. The lowest BCUT2D eigenvalue weighted by Gasteiger charge is -2.14. The molecular formula is C100H64N6. The summed E-state index contributed by atoms with van der Waals surface area (Å²) in [5, 5.41) is 17.5. The molecule has 17 aromatic carbocycles. The smallest absolute Gasteiger partial charge is 0.0542 e. The zero-order valence-corrected chi connectivity index (χ0v) is 57.6. The van der Waals surface area contributed by atoms with Gasteiger partial charge in [-0.2, -0.15) is 0 Å². The minimum atomic E-state index is 1.14. The van der Waals surface area contributed by atoms with Crippen molar-refractivity contribution in [2.24, 2.45) is 0 Å². The SMILES string of the molecule is c1ccc(-c2cc(-c3ccccc3)cc(-n3c4ccccc4c4cc(-n5c6ccccc6c6cc(-n7c8ccccc8c8ccccc87)ccc65)ccc43)c2)cc1.c1ccc2cc(-n3c4ccccc4c4cc(-n5c6ccccc6c6cc(-n7c8ccccc8c8ccccc87)ccc65)ccc43)ccc2c1. The van der Waals surface area contributed by atoms with Gasteiger partial charge >= 0.3 is 0 Å². The molecule has 0 radical (unpaired) electrons. The van der Waals surface area contributed by atoms with E-state index < -0.39 is 0 Å². The van der Waals surface area contributed by atoms with Crippen molar-refractivity contribution >= 4 is 142 Å². The molecule has 23 rings (SSSR count). The molecule has 0 N–H and O–H groups in total. The zero-order valence-electron chi connectivity index (χ0n) is 57.6. The standard InChI is InChI=1S/C54H35N3.C46H29N3/c1-3-15-36(16-4-1)38-31-39(37-17-5-2-6-18-37)33-42(32-38)57-52-26-14-10-22-46(52)48-35-41(28-30-54(48)57)56-51-25-13-9-21-45(51)47-34-40(27-29-53(47)56)55-49-23-11-7-19-43(49)44-20-8-12-24-50(44)55;1-2-12-31-27-32(22-21-30(31)11-1)47-43-19-9-5-15-37(43)39-29-34(24-25-45(39)47)49-44-20-10-6-16-38(44)40-28-33(23-26-46(40)49)48-41-17-7-3-13-35(41)36-14-4-8-18-42(36)48/h1-35H;1-29H. The normalized spacial score (nSPS) is 12.0. The molecule has 0 aliphatic rings. The van der Waals surface area contributed by atoms with Crippen molar-refractivity contribution in [3.63, 3.8) is 0 Å². The van der Waals surface area contributed by atoms with E-state index in [1.54, 1.807) is 0 Å². The minimum Gasteiger partial charge on any atom is -0.309 e. The molecule has 0 atom stereocenters. The molecule has 0 amide bonds. The van der Waals surface area contributed by atoms with Gasteiger partial charge in [0.2, 0.25) is 0 Å². The summed E-state index contributed by atoms with van der Waals surface area (Å²) in [5.41, 5.74) is 26.2. The number of nitrogens with zero attached hydrogens (tertiary/aromatic N) is 6. The van der Waals surface area contributed by atoms with Gasteiger partial charge < -0.3 is 27.4 Å². The predicted octanol–water partition coefficient (Wildman–Crippen LogP) is 26.4. The van der Waals surface area contributed by atoms with Crippen LogP contribution in [0, 0.1) is 0 Å². The minimum absolute atomic E-state index is 1.14. The van der Waals surface area contributed by atoms with Crippen molar-refractivity contribution < 1.29 is 0 Å². The Morgan fingerprint density at radius 1 is 0.113 bits per heavy atom. The Hall–Kier alpha value is -14.2. The third kappa shape index (κ3) is 9.18. The monoisotopic (exact) mass is 1350 g/mol. The lowest BCUT2D eigenvalue weighted by atomic mass is 9.98. The van der Waals surface area contributed by atoms with E-state index in [1.165, 1.54) is 175 Å². The number of rotatable bonds is 8. The molecule has 0 aliphatic carbocycles. The Morgan fingerprint density at radius 2 is 0.330 bits per heavy atom. The predicted molar refractivity (Wildman–Crippen MR) is 447 cm³/mol. The largest absolute Gasteiger partial charge is 0.309 e. The first-order valence-electron chi connectivity index (χ1n) is 36.5. The first-order chi connectivity index (χ1) is 52.6. The molecule has 494 valence electrons. The lowest BCUT2D eigenvalue weighted by molar-refractivity contribution is 1.16. The molecule has 106 heavy (non-hydrogen) atoms. The number of aromatic nitrogens is 6. The van der Waals surface area contributed by atoms with E-state index >= 15 is 0 Å². The van der Waals surface area contributed by atoms with Gasteiger partial charge in [-0.3, -0.25) is 0 Å². The van der Waals surface area contributed by atoms with Crippen LogP contribution in [0.1, 0.15) is 0 Å². The molecule has 6 nitrogen and oxygen atoms in total. The maximum absolute atomic E-state index is 2.44. The van der Waals surface area contributed by atoms with Crippen LogP contribution in [0.15, 0.2) is 388 Å². The van der Waals surface area contributed by atoms with Crippen molar-refractivity contribution in [3.05, 3.63) is 388 Å². The summed E-state index contributed by atoms with van der Waals surface area (Å²) in [4.78, 5) is 0. The highest BCUT2D eigenvalue weighted by Gasteiger charge is 2.23. The summed E-state index contributed by atoms with van der Waals surface area (Å²) in [6.07, 6.45) is 0. The van der Waals surface area contributed by atoms with Crippen LogP contribution in [0.2, 0.25) is 0 Å². The first-order valence-corrected chi connectivity index (χ1v) is 36.5. The van der Waals surface area contributed by atoms with Gasteiger partial charge in [0.05, 0.1) is 66.2 Å². The third-order valence-corrected chi connectivity index (χ3v) is 22.2. The van der Waals surface area contributed by atoms with Gasteiger partial charge in [0.1, 0.15) is 0 Å². The van der Waals surface area contributed by atoms with E-state index in [0.717, 1.165) is 22.7 Å². The van der Waals surface area contributed by atoms with Gasteiger partial charge in [0.25, 0.3) is 0 Å². The van der Waals surface area contributed by atoms with E-state index in [1.807, 2.05) is 0 Å². The van der Waals surface area contributed by atoms with Crippen LogP contribution in [0.3, 0.4) is 0 Å². The molecule has 0 saturated heterocycles. The second-order valence-corrected chi connectivity index (χ2v) is 28.0. The van der Waals surface area contributed by atoms with Crippen LogP contribution in [0.25, 0.3) is 198 Å². The lowest BCUT2D eigenvalue weighted by Crippen LogP contribution is -1.97. The number of hydrogen-bond acceptors (Lipinski definition) is 0. The van der Waals surface area contributed by atoms with Crippen molar-refractivity contribution in [1.82, 2.24) is 27.4 Å². The number of benzene rings is 17. The molecule has 0 fully saturated rings. The topological polar surface area (TPSA) is 29.6 Å². The Morgan fingerprint density at radius 3 is 0.632 bits per heavy atom. The van der Waals surface area contributed by atoms with Crippen molar-refractivity contribution in [2.75, 3.05) is 0 Å². The maximum atomic E-state index is 2.44. The molecule has 6 heterocycles. The highest BCUT2D eigenvalue weighted by molar-refractivity contribution is 6.17. The molecule has 6 aromatic heterocycles. The number of fused-ring (bicyclic) bond motifs is 19. The maximum Gasteiger partial charge on any atom is 0.0542 e. The van der Waals surface area contributed by atoms with Gasteiger partial charge in [-0.1, -0.05) is 237 Å². The molecule has 0 aliphatic heterocycles. The molecule has 0 unspecified atom stereocenters. The highest BCUT2D eigenvalue weighted by Crippen LogP contribution is 2.44. The highest BCUT2D eigenvalue weighted by atomic mass is 15.0. The van der Waals surface area contributed by atoms with Gasteiger partial charge in [-0.05, 0) is 185 Å². The van der Waals surface area contributed by atoms with Gasteiger partial charge in [0.15, 0.2) is 0 Å². The molecule has 0 spiro atoms. The Bertz CT molecular complexity index is 7350. The van der Waals surface area contributed by atoms with E-state index in [2.05, 4.69) is 416 Å². The Kier molecular flexibility index (Phi) is 13.3. The van der Waals surface area contributed by atoms with Crippen molar-refractivity contribution in [1.29, 1.82) is 0 Å². The van der Waals surface area contributed by atoms with E-state index in [9.17, 15) is 0 Å². The average molecular weight is 1350 g/mol. The van der Waals surface area contributed by atoms with Gasteiger partial charge in [0, 0.05) is 98.8 Å². The fourth-order valence-corrected chi connectivity index (χ4v) is 17.6. The number of para-hydroxylation sites is 8. The summed E-state index contributed by atoms with van der Waals surface area (Å²) in [7, 11) is 0. The third-order valence-electron chi connectivity index (χ3n) is 22.2. The van der Waals surface area contributed by atoms with Crippen molar-refractivity contribution in [2.45, 2.75) is 0 Å². The van der Waals surface area contributed by atoms with Crippen LogP contribution in [-0.2, 0) is 0 Å². The zero-order chi connectivity index (χ0) is 69.5. The van der Waals surface area contributed by atoms with E-state index in [-0.39, 0.29) is 0 Å². The molecule has 6 heteroatoms. The van der Waals surface area contributed by atoms with Gasteiger partial charge in [-0.15, -0.1) is 0 Å². The Labute approximate surface area is 609 Å². The first kappa shape index (κ1) is 59.5. The molecule has 0 bridgehead atoms. The molecular weight excluding hydrogens is 1290 g/mol. The van der Waals surface area contributed by atoms with Gasteiger partial charge in [-0.25, -0.2) is 0 Å². The summed E-state index contributed by atoms with van der Waals surface area (Å²) in [5.74, 6) is 0. The second-order valence-electron chi connectivity index (χ2n) is 28.0. The van der Waals surface area contributed by atoms with Crippen LogP contribution < -0.4 is 0 Å². The average Bonchev–Trinajstić information content (AvgIpc) is 1.57. The van der Waals surface area contributed by atoms with Crippen LogP contribution in [0.5, 0.6) is 0 Å². The van der Waals surface area contributed by atoms with E-state index in [4.69, 9.17) is 0 Å². The quantitative estimate of drug-likeness (QED) is 0.145.